The highest BCUT2D eigenvalue weighted by atomic mass is 16.2. The molecule has 2 aliphatic rings. The first-order valence-corrected chi connectivity index (χ1v) is 7.17. The number of amides is 2. The summed E-state index contributed by atoms with van der Waals surface area (Å²) in [6, 6.07) is 0.158. The van der Waals surface area contributed by atoms with Gasteiger partial charge in [-0.3, -0.25) is 9.59 Å². The Balaban J connectivity index is 1.80. The van der Waals surface area contributed by atoms with E-state index in [1.165, 1.54) is 12.8 Å². The van der Waals surface area contributed by atoms with E-state index in [0.717, 1.165) is 25.8 Å². The summed E-state index contributed by atoms with van der Waals surface area (Å²) in [6.45, 7) is 5.30. The molecule has 1 aliphatic carbocycles. The third-order valence-electron chi connectivity index (χ3n) is 4.08. The zero-order valence-electron chi connectivity index (χ0n) is 11.4. The topological polar surface area (TPSA) is 49.4 Å². The predicted molar refractivity (Wildman–Crippen MR) is 69.9 cm³/mol. The van der Waals surface area contributed by atoms with E-state index < -0.39 is 0 Å². The molecule has 1 aliphatic heterocycles. The van der Waals surface area contributed by atoms with Crippen molar-refractivity contribution in [1.82, 2.24) is 10.2 Å². The lowest BCUT2D eigenvalue weighted by Gasteiger charge is -2.21. The van der Waals surface area contributed by atoms with E-state index in [1.54, 1.807) is 0 Å². The SMILES string of the molecule is CC(C)C(=O)N[C@@H]1CCN(C(=O)C2CCCC2)C1. The lowest BCUT2D eigenvalue weighted by atomic mass is 10.1. The molecule has 1 saturated carbocycles. The van der Waals surface area contributed by atoms with Crippen molar-refractivity contribution < 1.29 is 9.59 Å². The Bertz CT molecular complexity index is 322. The van der Waals surface area contributed by atoms with Crippen LogP contribution in [0.15, 0.2) is 0 Å². The fourth-order valence-electron chi connectivity index (χ4n) is 2.88. The van der Waals surface area contributed by atoms with Crippen molar-refractivity contribution in [3.05, 3.63) is 0 Å². The minimum atomic E-state index is 0.0181. The van der Waals surface area contributed by atoms with E-state index in [4.69, 9.17) is 0 Å². The molecule has 2 fully saturated rings. The number of nitrogens with zero attached hydrogens (tertiary/aromatic N) is 1. The molecular formula is C14H24N2O2. The first-order valence-electron chi connectivity index (χ1n) is 7.17. The summed E-state index contributed by atoms with van der Waals surface area (Å²) in [7, 11) is 0. The molecule has 1 saturated heterocycles. The van der Waals surface area contributed by atoms with Gasteiger partial charge >= 0.3 is 0 Å². The monoisotopic (exact) mass is 252 g/mol. The molecule has 4 heteroatoms. The minimum Gasteiger partial charge on any atom is -0.351 e. The smallest absolute Gasteiger partial charge is 0.225 e. The number of carbonyl (C=O) groups is 2. The molecule has 1 atom stereocenters. The summed E-state index contributed by atoms with van der Waals surface area (Å²) in [5, 5.41) is 3.02. The van der Waals surface area contributed by atoms with Gasteiger partial charge in [-0.15, -0.1) is 0 Å². The Labute approximate surface area is 109 Å². The third kappa shape index (κ3) is 3.03. The van der Waals surface area contributed by atoms with Gasteiger partial charge in [-0.25, -0.2) is 0 Å². The van der Waals surface area contributed by atoms with Crippen LogP contribution in [0.2, 0.25) is 0 Å². The molecule has 0 aromatic rings. The highest BCUT2D eigenvalue weighted by Crippen LogP contribution is 2.27. The molecule has 102 valence electrons. The molecular weight excluding hydrogens is 228 g/mol. The van der Waals surface area contributed by atoms with Crippen LogP contribution in [0.4, 0.5) is 0 Å². The highest BCUT2D eigenvalue weighted by molar-refractivity contribution is 5.80. The molecule has 0 aromatic heterocycles. The van der Waals surface area contributed by atoms with Gasteiger partial charge in [0.15, 0.2) is 0 Å². The van der Waals surface area contributed by atoms with Gasteiger partial charge in [-0.05, 0) is 19.3 Å². The van der Waals surface area contributed by atoms with E-state index >= 15 is 0 Å². The normalized spacial score (nSPS) is 24.8. The third-order valence-corrected chi connectivity index (χ3v) is 4.08. The Morgan fingerprint density at radius 1 is 1.17 bits per heavy atom. The molecule has 18 heavy (non-hydrogen) atoms. The second kappa shape index (κ2) is 5.72. The second-order valence-corrected chi connectivity index (χ2v) is 5.91. The number of carbonyl (C=O) groups excluding carboxylic acids is 2. The summed E-state index contributed by atoms with van der Waals surface area (Å²) in [6.07, 6.45) is 5.39. The van der Waals surface area contributed by atoms with Gasteiger partial charge in [-0.2, -0.15) is 0 Å². The van der Waals surface area contributed by atoms with Crippen molar-refractivity contribution in [1.29, 1.82) is 0 Å². The molecule has 0 unspecified atom stereocenters. The number of likely N-dealkylation sites (tertiary alicyclic amines) is 1. The van der Waals surface area contributed by atoms with Crippen molar-refractivity contribution in [2.24, 2.45) is 11.8 Å². The summed E-state index contributed by atoms with van der Waals surface area (Å²) >= 11 is 0. The van der Waals surface area contributed by atoms with E-state index in [2.05, 4.69) is 5.32 Å². The largest absolute Gasteiger partial charge is 0.351 e. The van der Waals surface area contributed by atoms with Crippen LogP contribution in [-0.2, 0) is 9.59 Å². The average molecular weight is 252 g/mol. The van der Waals surface area contributed by atoms with Crippen molar-refractivity contribution in [3.63, 3.8) is 0 Å². The number of hydrogen-bond acceptors (Lipinski definition) is 2. The fraction of sp³-hybridized carbons (Fsp3) is 0.857. The summed E-state index contributed by atoms with van der Waals surface area (Å²) in [4.78, 5) is 25.8. The maximum atomic E-state index is 12.2. The van der Waals surface area contributed by atoms with Crippen LogP contribution >= 0.6 is 0 Å². The van der Waals surface area contributed by atoms with Crippen molar-refractivity contribution in [2.45, 2.75) is 52.0 Å². The first kappa shape index (κ1) is 13.4. The maximum absolute atomic E-state index is 12.2. The Morgan fingerprint density at radius 2 is 1.83 bits per heavy atom. The standard InChI is InChI=1S/C14H24N2O2/c1-10(2)13(17)15-12-7-8-16(9-12)14(18)11-5-3-4-6-11/h10-12H,3-9H2,1-2H3,(H,15,17)/t12-/m1/s1. The molecule has 0 spiro atoms. The molecule has 0 radical (unpaired) electrons. The average Bonchev–Trinajstić information content (AvgIpc) is 2.98. The molecule has 1 heterocycles. The molecule has 4 nitrogen and oxygen atoms in total. The summed E-state index contributed by atoms with van der Waals surface area (Å²) in [5.41, 5.74) is 0. The number of hydrogen-bond donors (Lipinski definition) is 1. The van der Waals surface area contributed by atoms with Gasteiger partial charge in [0.05, 0.1) is 0 Å². The van der Waals surface area contributed by atoms with Crippen LogP contribution in [0.25, 0.3) is 0 Å². The maximum Gasteiger partial charge on any atom is 0.225 e. The predicted octanol–water partition coefficient (Wildman–Crippen LogP) is 1.55. The van der Waals surface area contributed by atoms with Crippen LogP contribution in [0.1, 0.15) is 46.0 Å². The van der Waals surface area contributed by atoms with E-state index in [9.17, 15) is 9.59 Å². The van der Waals surface area contributed by atoms with Gasteiger partial charge in [-0.1, -0.05) is 26.7 Å². The first-order chi connectivity index (χ1) is 8.58. The number of rotatable bonds is 3. The molecule has 2 rings (SSSR count). The Hall–Kier alpha value is -1.06. The molecule has 0 bridgehead atoms. The highest BCUT2D eigenvalue weighted by Gasteiger charge is 2.32. The number of nitrogens with one attached hydrogen (secondary N) is 1. The van der Waals surface area contributed by atoms with Crippen LogP contribution in [0.5, 0.6) is 0 Å². The van der Waals surface area contributed by atoms with Crippen molar-refractivity contribution in [2.75, 3.05) is 13.1 Å². The zero-order chi connectivity index (χ0) is 13.1. The van der Waals surface area contributed by atoms with Gasteiger partial charge in [0, 0.05) is 31.0 Å². The van der Waals surface area contributed by atoms with E-state index in [0.29, 0.717) is 12.5 Å². The van der Waals surface area contributed by atoms with E-state index in [-0.39, 0.29) is 23.8 Å². The van der Waals surface area contributed by atoms with Gasteiger partial charge in [0.2, 0.25) is 11.8 Å². The van der Waals surface area contributed by atoms with Crippen LogP contribution < -0.4 is 5.32 Å². The fourth-order valence-corrected chi connectivity index (χ4v) is 2.88. The Morgan fingerprint density at radius 3 is 2.44 bits per heavy atom. The van der Waals surface area contributed by atoms with Crippen molar-refractivity contribution >= 4 is 11.8 Å². The zero-order valence-corrected chi connectivity index (χ0v) is 11.4. The Kier molecular flexibility index (Phi) is 4.25. The quantitative estimate of drug-likeness (QED) is 0.828. The lowest BCUT2D eigenvalue weighted by molar-refractivity contribution is -0.134. The van der Waals surface area contributed by atoms with Gasteiger partial charge in [0.25, 0.3) is 0 Å². The minimum absolute atomic E-state index is 0.0181. The lowest BCUT2D eigenvalue weighted by Crippen LogP contribution is -2.41. The second-order valence-electron chi connectivity index (χ2n) is 5.91. The summed E-state index contributed by atoms with van der Waals surface area (Å²) in [5.74, 6) is 0.679. The van der Waals surface area contributed by atoms with Crippen LogP contribution in [0.3, 0.4) is 0 Å². The molecule has 0 aromatic carbocycles. The van der Waals surface area contributed by atoms with Gasteiger partial charge in [0.1, 0.15) is 0 Å². The van der Waals surface area contributed by atoms with Crippen LogP contribution in [0, 0.1) is 11.8 Å². The summed E-state index contributed by atoms with van der Waals surface area (Å²) < 4.78 is 0. The van der Waals surface area contributed by atoms with Crippen molar-refractivity contribution in [3.8, 4) is 0 Å². The van der Waals surface area contributed by atoms with Gasteiger partial charge < -0.3 is 10.2 Å². The van der Waals surface area contributed by atoms with E-state index in [1.807, 2.05) is 18.7 Å². The molecule has 2 amide bonds. The van der Waals surface area contributed by atoms with Crippen LogP contribution in [-0.4, -0.2) is 35.8 Å². The molecule has 1 N–H and O–H groups in total.